The zero-order valence-electron chi connectivity index (χ0n) is 43.6. The molecule has 424 valence electrons. The number of hydrogen-bond donors (Lipinski definition) is 6. The van der Waals surface area contributed by atoms with E-state index in [1.54, 1.807) is 18.3 Å². The number of nitrogens with zero attached hydrogens (tertiary/aromatic N) is 4. The monoisotopic (exact) mass is 1110 g/mol. The fraction of sp³-hybridized carbons (Fsp3) is 0.519. The van der Waals surface area contributed by atoms with E-state index in [2.05, 4.69) is 46.8 Å². The van der Waals surface area contributed by atoms with Crippen LogP contribution in [0.4, 0.5) is 45.7 Å². The largest absolute Gasteiger partial charge is 0.469 e. The summed E-state index contributed by atoms with van der Waals surface area (Å²) in [5.74, 6) is -3.93. The Kier molecular flexibility index (Phi) is 18.8. The number of anilines is 1. The molecule has 26 heteroatoms. The molecule has 2 aromatic carbocycles. The van der Waals surface area contributed by atoms with Gasteiger partial charge in [-0.2, -0.15) is 26.3 Å². The van der Waals surface area contributed by atoms with Crippen molar-refractivity contribution >= 4 is 41.5 Å². The number of amides is 3. The lowest BCUT2D eigenvalue weighted by molar-refractivity contribution is -0.231. The number of methoxy groups -OCH3 is 2. The van der Waals surface area contributed by atoms with Crippen LogP contribution in [0.3, 0.4) is 0 Å². The number of halogens is 8. The number of alkyl carbamates (subject to hydrolysis) is 1. The maximum absolute atomic E-state index is 15.9. The Bertz CT molecular complexity index is 2740. The van der Waals surface area contributed by atoms with Crippen molar-refractivity contribution in [1.82, 2.24) is 31.0 Å². The molecule has 4 heterocycles. The molecule has 78 heavy (non-hydrogen) atoms. The summed E-state index contributed by atoms with van der Waals surface area (Å²) in [7, 11) is 1.69. The van der Waals surface area contributed by atoms with Gasteiger partial charge in [0.25, 0.3) is 0 Å². The van der Waals surface area contributed by atoms with Crippen LogP contribution in [0, 0.1) is 51.0 Å². The fourth-order valence-electron chi connectivity index (χ4n) is 9.20. The summed E-state index contributed by atoms with van der Waals surface area (Å²) in [5, 5.41) is 32.2. The zero-order chi connectivity index (χ0) is 57.7. The predicted octanol–water partition coefficient (Wildman–Crippen LogP) is 5.76. The summed E-state index contributed by atoms with van der Waals surface area (Å²) in [5.41, 5.74) is -3.94. The number of hydrazine groups is 1. The van der Waals surface area contributed by atoms with Crippen LogP contribution in [0.25, 0.3) is 0 Å². The van der Waals surface area contributed by atoms with Gasteiger partial charge in [-0.05, 0) is 68.7 Å². The van der Waals surface area contributed by atoms with E-state index < -0.39 is 132 Å². The number of alkyl halides is 6. The molecule has 1 aromatic heterocycles. The van der Waals surface area contributed by atoms with Crippen LogP contribution < -0.4 is 21.0 Å². The number of nitrogens with one attached hydrogen (secondary N) is 5. The molecule has 0 unspecified atom stereocenters. The van der Waals surface area contributed by atoms with Gasteiger partial charge in [-0.1, -0.05) is 37.8 Å². The van der Waals surface area contributed by atoms with E-state index >= 15 is 8.78 Å². The summed E-state index contributed by atoms with van der Waals surface area (Å²) >= 11 is 0. The third kappa shape index (κ3) is 14.2. The molecule has 6 N–H and O–H groups in total. The second-order valence-electron chi connectivity index (χ2n) is 20.4. The summed E-state index contributed by atoms with van der Waals surface area (Å²) in [6, 6.07) is 8.16. The number of pyridine rings is 1. The summed E-state index contributed by atoms with van der Waals surface area (Å²) < 4.78 is 138. The molecule has 3 aliphatic rings. The highest BCUT2D eigenvalue weighted by Gasteiger charge is 2.57. The molecular weight excluding hydrogens is 1050 g/mol. The Morgan fingerprint density at radius 3 is 1.97 bits per heavy atom. The molecule has 0 aliphatic carbocycles. The van der Waals surface area contributed by atoms with E-state index in [1.165, 1.54) is 12.1 Å². The minimum Gasteiger partial charge on any atom is -0.469 e. The highest BCUT2D eigenvalue weighted by molar-refractivity contribution is 5.98. The maximum atomic E-state index is 15.9. The molecule has 6 rings (SSSR count). The van der Waals surface area contributed by atoms with Crippen molar-refractivity contribution in [3.05, 3.63) is 94.2 Å². The Balaban J connectivity index is 1.31. The molecule has 2 bridgehead atoms. The lowest BCUT2D eigenvalue weighted by Gasteiger charge is -2.42. The van der Waals surface area contributed by atoms with Gasteiger partial charge in [0, 0.05) is 73.6 Å². The number of likely N-dealkylation sites (tertiary alicyclic amines) is 1. The van der Waals surface area contributed by atoms with Gasteiger partial charge in [0.05, 0.1) is 68.8 Å². The fourth-order valence-corrected chi connectivity index (χ4v) is 9.20. The Morgan fingerprint density at radius 1 is 0.846 bits per heavy atom. The van der Waals surface area contributed by atoms with Crippen LogP contribution in [0.15, 0.2) is 54.7 Å². The SMILES string of the molecule is COC(=O)C[C@H](C(=O)NN(Cc1c(F)cc(C(=N)OC(C)=N)cc1F)C[C@H](O)[C@H](Cc1ccc(C#Cc2ccc(N3C[C@H]4C[C@@H]3CN4C3COC3)nc2)cc1)NC(=O)[C@@H](NC(=O)OC)C(C)(C)C(F)(F)F)C(C)(C)C(F)(F)F. The van der Waals surface area contributed by atoms with Crippen LogP contribution in [0.5, 0.6) is 0 Å². The third-order valence-corrected chi connectivity index (χ3v) is 14.3. The number of ether oxygens (including phenoxy) is 4. The smallest absolute Gasteiger partial charge is 0.407 e. The van der Waals surface area contributed by atoms with Crippen LogP contribution in [-0.2, 0) is 46.3 Å². The highest BCUT2D eigenvalue weighted by atomic mass is 19.4. The van der Waals surface area contributed by atoms with Crippen LogP contribution in [-0.4, -0.2) is 151 Å². The van der Waals surface area contributed by atoms with E-state index in [9.17, 15) is 50.6 Å². The second-order valence-corrected chi connectivity index (χ2v) is 20.4. The molecule has 18 nitrogen and oxygen atoms in total. The first-order chi connectivity index (χ1) is 36.4. The first-order valence-corrected chi connectivity index (χ1v) is 24.5. The number of benzene rings is 2. The van der Waals surface area contributed by atoms with Crippen molar-refractivity contribution in [2.45, 2.75) is 109 Å². The number of aliphatic hydroxyl groups excluding tert-OH is 1. The minimum absolute atomic E-state index is 0.296. The topological polar surface area (TPSA) is 232 Å². The van der Waals surface area contributed by atoms with Gasteiger partial charge >= 0.3 is 24.4 Å². The molecule has 0 saturated carbocycles. The third-order valence-electron chi connectivity index (χ3n) is 14.3. The summed E-state index contributed by atoms with van der Waals surface area (Å²) in [6.07, 6.45) is -12.8. The Hall–Kier alpha value is -6.95. The van der Waals surface area contributed by atoms with Gasteiger partial charge < -0.3 is 39.6 Å². The average molecular weight is 1110 g/mol. The lowest BCUT2D eigenvalue weighted by atomic mass is 9.75. The maximum Gasteiger partial charge on any atom is 0.407 e. The second kappa shape index (κ2) is 24.4. The molecule has 3 aromatic rings. The predicted molar refractivity (Wildman–Crippen MR) is 265 cm³/mol. The van der Waals surface area contributed by atoms with Crippen molar-refractivity contribution in [1.29, 1.82) is 10.8 Å². The van der Waals surface area contributed by atoms with Crippen molar-refractivity contribution in [2.24, 2.45) is 16.7 Å². The molecule has 3 aliphatic heterocycles. The van der Waals surface area contributed by atoms with E-state index in [0.29, 0.717) is 79.7 Å². The van der Waals surface area contributed by atoms with Gasteiger partial charge in [0.2, 0.25) is 17.7 Å². The number of rotatable bonds is 19. The Labute approximate surface area is 444 Å². The van der Waals surface area contributed by atoms with Crippen LogP contribution in [0.1, 0.15) is 75.3 Å². The van der Waals surface area contributed by atoms with Gasteiger partial charge in [-0.3, -0.25) is 35.5 Å². The lowest BCUT2D eigenvalue weighted by Crippen LogP contribution is -2.62. The molecule has 0 spiro atoms. The van der Waals surface area contributed by atoms with Crippen molar-refractivity contribution in [3.8, 4) is 11.8 Å². The summed E-state index contributed by atoms with van der Waals surface area (Å²) in [6.45, 7) is 4.70. The number of piperazine rings is 1. The molecule has 3 saturated heterocycles. The van der Waals surface area contributed by atoms with Crippen molar-refractivity contribution < 1.29 is 78.4 Å². The van der Waals surface area contributed by atoms with Gasteiger partial charge in [-0.15, -0.1) is 0 Å². The van der Waals surface area contributed by atoms with E-state index in [4.69, 9.17) is 20.3 Å². The van der Waals surface area contributed by atoms with Gasteiger partial charge in [-0.25, -0.2) is 23.6 Å². The number of carbonyl (C=O) groups is 4. The quantitative estimate of drug-likeness (QED) is 0.0210. The number of aromatic nitrogens is 1. The first-order valence-electron chi connectivity index (χ1n) is 24.5. The first kappa shape index (κ1) is 60.3. The number of aliphatic hydroxyl groups is 1. The molecular formula is C52H61F8N9O9. The number of carbonyl (C=O) groups excluding carboxylic acids is 4. The van der Waals surface area contributed by atoms with Gasteiger partial charge in [0.1, 0.15) is 23.5 Å². The highest BCUT2D eigenvalue weighted by Crippen LogP contribution is 2.45. The number of esters is 1. The average Bonchev–Trinajstić information content (AvgIpc) is 4.07. The molecule has 6 atom stereocenters. The van der Waals surface area contributed by atoms with Crippen LogP contribution in [0.2, 0.25) is 0 Å². The number of fused-ring (bicyclic) bond motifs is 2. The molecule has 3 amide bonds. The van der Waals surface area contributed by atoms with Crippen molar-refractivity contribution in [3.63, 3.8) is 0 Å². The van der Waals surface area contributed by atoms with E-state index in [0.717, 1.165) is 59.7 Å². The van der Waals surface area contributed by atoms with E-state index in [1.807, 2.05) is 17.4 Å². The van der Waals surface area contributed by atoms with Crippen molar-refractivity contribution in [2.75, 3.05) is 52.0 Å². The zero-order valence-corrected chi connectivity index (χ0v) is 43.6. The Morgan fingerprint density at radius 2 is 1.46 bits per heavy atom. The normalized spacial score (nSPS) is 18.4. The van der Waals surface area contributed by atoms with Crippen LogP contribution >= 0.6 is 0 Å². The number of hydrogen-bond acceptors (Lipinski definition) is 15. The standard InChI is InChI=1S/C52H61F8N9O9/c1-28(61)78-45(62)32-17-38(53)36(39(54)18-32)24-67(66-46(72)37(20-43(71)75-6)49(2,3)51(55,56)57)25-41(70)40(64-47(73)44(65-48(74)76-7)50(4,5)52(58,59)60)16-30-11-8-29(9-12-30)10-13-31-14-15-42(63-21-31)69-23-33-19-34(69)22-68(33)35-26-77-27-35/h8-9,11-12,14-15,17-18,21,33-35,37,40-41,44,61-62,70H,16,19-20,22-27H2,1-7H3,(H,64,73)(H,65,74)(H,66,72)/t33-,34-,37-,40+,41+,44-/m1/s1. The summed E-state index contributed by atoms with van der Waals surface area (Å²) in [4.78, 5) is 62.4. The van der Waals surface area contributed by atoms with E-state index in [-0.39, 0.29) is 0 Å². The molecule has 3 fully saturated rings. The van der Waals surface area contributed by atoms with Gasteiger partial charge in [0.15, 0.2) is 5.90 Å². The molecule has 0 radical (unpaired) electrons. The minimum atomic E-state index is -5.15.